The second-order valence-electron chi connectivity index (χ2n) is 8.00. The van der Waals surface area contributed by atoms with Gasteiger partial charge in [-0.15, -0.1) is 11.3 Å². The number of anilines is 1. The molecule has 1 fully saturated rings. The van der Waals surface area contributed by atoms with Gasteiger partial charge in [0, 0.05) is 24.0 Å². The Kier molecular flexibility index (Phi) is 4.77. The van der Waals surface area contributed by atoms with Crippen LogP contribution in [0.25, 0.3) is 21.3 Å². The monoisotopic (exact) mass is 413 g/mol. The Balaban J connectivity index is 1.65. The van der Waals surface area contributed by atoms with Crippen molar-refractivity contribution in [1.82, 2.24) is 9.97 Å². The lowest BCUT2D eigenvalue weighted by molar-refractivity contribution is -0.00537. The quantitative estimate of drug-likeness (QED) is 0.519. The largest absolute Gasteiger partial charge is 0.372 e. The molecule has 4 nitrogen and oxygen atoms in total. The standard InChI is InChI=1S/C22H24ClN3OS/c1-13-10-26(11-14(2)27-13)20-19-18(12-28-21(19)25-22(23)24-20)17-8-7-15-5-3-4-6-16(15)9-17/h7-9,12-14H,3-6,10-11H2,1-2H3. The molecule has 2 unspecified atom stereocenters. The number of morpholine rings is 1. The van der Waals surface area contributed by atoms with E-state index in [-0.39, 0.29) is 12.2 Å². The molecule has 0 saturated carbocycles. The van der Waals surface area contributed by atoms with Crippen LogP contribution < -0.4 is 4.90 Å². The van der Waals surface area contributed by atoms with E-state index in [9.17, 15) is 0 Å². The van der Waals surface area contributed by atoms with E-state index in [1.807, 2.05) is 0 Å². The highest BCUT2D eigenvalue weighted by Crippen LogP contribution is 2.40. The number of hydrogen-bond donors (Lipinski definition) is 0. The van der Waals surface area contributed by atoms with Crippen molar-refractivity contribution in [3.05, 3.63) is 40.0 Å². The zero-order valence-electron chi connectivity index (χ0n) is 16.2. The minimum atomic E-state index is 0.165. The smallest absolute Gasteiger partial charge is 0.225 e. The first-order valence-electron chi connectivity index (χ1n) is 10.1. The average Bonchev–Trinajstić information content (AvgIpc) is 3.10. The summed E-state index contributed by atoms with van der Waals surface area (Å²) in [6, 6.07) is 6.94. The minimum absolute atomic E-state index is 0.165. The molecule has 2 aromatic heterocycles. The van der Waals surface area contributed by atoms with Crippen molar-refractivity contribution in [3.63, 3.8) is 0 Å². The Labute approximate surface area is 174 Å². The summed E-state index contributed by atoms with van der Waals surface area (Å²) in [6.45, 7) is 5.85. The predicted molar refractivity (Wildman–Crippen MR) is 117 cm³/mol. The highest BCUT2D eigenvalue weighted by Gasteiger charge is 2.27. The molecule has 2 atom stereocenters. The molecule has 6 heteroatoms. The van der Waals surface area contributed by atoms with Crippen LogP contribution in [0.4, 0.5) is 5.82 Å². The molecule has 0 radical (unpaired) electrons. The maximum atomic E-state index is 6.29. The summed E-state index contributed by atoms with van der Waals surface area (Å²) in [4.78, 5) is 12.5. The molecular formula is C22H24ClN3OS. The molecular weight excluding hydrogens is 390 g/mol. The van der Waals surface area contributed by atoms with E-state index < -0.39 is 0 Å². The lowest BCUT2D eigenvalue weighted by atomic mass is 9.89. The molecule has 3 aromatic rings. The lowest BCUT2D eigenvalue weighted by Crippen LogP contribution is -2.46. The molecule has 1 aromatic carbocycles. The molecule has 146 valence electrons. The zero-order chi connectivity index (χ0) is 19.3. The molecule has 28 heavy (non-hydrogen) atoms. The zero-order valence-corrected chi connectivity index (χ0v) is 17.8. The van der Waals surface area contributed by atoms with Gasteiger partial charge in [-0.3, -0.25) is 0 Å². The van der Waals surface area contributed by atoms with Gasteiger partial charge in [-0.25, -0.2) is 4.98 Å². The predicted octanol–water partition coefficient (Wildman–Crippen LogP) is 5.50. The number of hydrogen-bond acceptors (Lipinski definition) is 5. The highest BCUT2D eigenvalue weighted by atomic mass is 35.5. The van der Waals surface area contributed by atoms with Crippen molar-refractivity contribution in [2.75, 3.05) is 18.0 Å². The van der Waals surface area contributed by atoms with E-state index in [4.69, 9.17) is 16.3 Å². The van der Waals surface area contributed by atoms with E-state index in [1.165, 1.54) is 47.9 Å². The van der Waals surface area contributed by atoms with Gasteiger partial charge >= 0.3 is 0 Å². The third-order valence-electron chi connectivity index (χ3n) is 5.77. The average molecular weight is 414 g/mol. The van der Waals surface area contributed by atoms with E-state index in [0.717, 1.165) is 29.1 Å². The van der Waals surface area contributed by atoms with Crippen LogP contribution in [0.2, 0.25) is 5.28 Å². The third-order valence-corrected chi connectivity index (χ3v) is 6.81. The Hall–Kier alpha value is -1.69. The summed E-state index contributed by atoms with van der Waals surface area (Å²) in [5.74, 6) is 0.936. The number of aromatic nitrogens is 2. The maximum absolute atomic E-state index is 6.29. The van der Waals surface area contributed by atoms with E-state index >= 15 is 0 Å². The number of aryl methyl sites for hydroxylation is 2. The fourth-order valence-corrected chi connectivity index (χ4v) is 5.75. The van der Waals surface area contributed by atoms with Crippen molar-refractivity contribution >= 4 is 39.0 Å². The van der Waals surface area contributed by atoms with Gasteiger partial charge in [0.15, 0.2) is 0 Å². The molecule has 0 N–H and O–H groups in total. The van der Waals surface area contributed by atoms with Gasteiger partial charge in [-0.2, -0.15) is 4.98 Å². The van der Waals surface area contributed by atoms with Crippen LogP contribution in [0.3, 0.4) is 0 Å². The Bertz CT molecular complexity index is 1020. The second kappa shape index (κ2) is 7.29. The van der Waals surface area contributed by atoms with Gasteiger partial charge < -0.3 is 9.64 Å². The van der Waals surface area contributed by atoms with Crippen molar-refractivity contribution in [3.8, 4) is 11.1 Å². The summed E-state index contributed by atoms with van der Waals surface area (Å²) in [6.07, 6.45) is 5.30. The van der Waals surface area contributed by atoms with Crippen LogP contribution in [0.1, 0.15) is 37.8 Å². The van der Waals surface area contributed by atoms with Crippen molar-refractivity contribution in [2.24, 2.45) is 0 Å². The van der Waals surface area contributed by atoms with Gasteiger partial charge in [0.1, 0.15) is 10.6 Å². The van der Waals surface area contributed by atoms with Crippen LogP contribution in [0, 0.1) is 0 Å². The van der Waals surface area contributed by atoms with Crippen LogP contribution in [-0.4, -0.2) is 35.3 Å². The topological polar surface area (TPSA) is 38.2 Å². The summed E-state index contributed by atoms with van der Waals surface area (Å²) in [7, 11) is 0. The fraction of sp³-hybridized carbons (Fsp3) is 0.455. The molecule has 2 aliphatic rings. The van der Waals surface area contributed by atoms with Crippen LogP contribution in [0.15, 0.2) is 23.6 Å². The normalized spacial score (nSPS) is 22.5. The van der Waals surface area contributed by atoms with Crippen molar-refractivity contribution < 1.29 is 4.74 Å². The van der Waals surface area contributed by atoms with Gasteiger partial charge in [0.2, 0.25) is 5.28 Å². The van der Waals surface area contributed by atoms with Crippen LogP contribution >= 0.6 is 22.9 Å². The van der Waals surface area contributed by atoms with Crippen molar-refractivity contribution in [1.29, 1.82) is 0 Å². The molecule has 3 heterocycles. The van der Waals surface area contributed by atoms with Gasteiger partial charge in [0.25, 0.3) is 0 Å². The summed E-state index contributed by atoms with van der Waals surface area (Å²) < 4.78 is 5.92. The Morgan fingerprint density at radius 2 is 1.82 bits per heavy atom. The number of benzene rings is 1. The highest BCUT2D eigenvalue weighted by molar-refractivity contribution is 7.17. The minimum Gasteiger partial charge on any atom is -0.372 e. The SMILES string of the molecule is CC1CN(c2nc(Cl)nc3scc(-c4ccc5c(c4)CCCC5)c23)CC(C)O1. The van der Waals surface area contributed by atoms with Gasteiger partial charge in [0.05, 0.1) is 17.6 Å². The van der Waals surface area contributed by atoms with Crippen molar-refractivity contribution in [2.45, 2.75) is 51.7 Å². The number of ether oxygens (including phenoxy) is 1. The second-order valence-corrected chi connectivity index (χ2v) is 9.19. The molecule has 1 aliphatic carbocycles. The van der Waals surface area contributed by atoms with Gasteiger partial charge in [-0.05, 0) is 67.8 Å². The first-order chi connectivity index (χ1) is 13.6. The van der Waals surface area contributed by atoms with Crippen LogP contribution in [-0.2, 0) is 17.6 Å². The summed E-state index contributed by atoms with van der Waals surface area (Å²) in [5.41, 5.74) is 5.47. The Morgan fingerprint density at radius 1 is 1.07 bits per heavy atom. The molecule has 0 spiro atoms. The maximum Gasteiger partial charge on any atom is 0.225 e. The number of rotatable bonds is 2. The molecule has 0 bridgehead atoms. The molecule has 0 amide bonds. The first-order valence-corrected chi connectivity index (χ1v) is 11.3. The van der Waals surface area contributed by atoms with Crippen LogP contribution in [0.5, 0.6) is 0 Å². The first kappa shape index (κ1) is 18.3. The summed E-state index contributed by atoms with van der Waals surface area (Å²) >= 11 is 7.94. The molecule has 1 saturated heterocycles. The number of fused-ring (bicyclic) bond motifs is 2. The van der Waals surface area contributed by atoms with Gasteiger partial charge in [-0.1, -0.05) is 18.2 Å². The number of thiophene rings is 1. The van der Waals surface area contributed by atoms with E-state index in [1.54, 1.807) is 11.3 Å². The summed E-state index contributed by atoms with van der Waals surface area (Å²) in [5, 5.41) is 3.64. The third kappa shape index (κ3) is 3.30. The lowest BCUT2D eigenvalue weighted by Gasteiger charge is -2.36. The van der Waals surface area contributed by atoms with E-state index in [0.29, 0.717) is 5.28 Å². The molecule has 5 rings (SSSR count). The molecule has 1 aliphatic heterocycles. The number of nitrogens with zero attached hydrogens (tertiary/aromatic N) is 3. The number of halogens is 1. The van der Waals surface area contributed by atoms with E-state index in [2.05, 4.69) is 52.3 Å². The Morgan fingerprint density at radius 3 is 2.61 bits per heavy atom. The fourth-order valence-electron chi connectivity index (χ4n) is 4.59.